The van der Waals surface area contributed by atoms with Gasteiger partial charge in [0.15, 0.2) is 5.75 Å². The Labute approximate surface area is 243 Å². The van der Waals surface area contributed by atoms with E-state index in [1.54, 1.807) is 23.1 Å². The number of hydrogen-bond donors (Lipinski definition) is 3. The fraction of sp³-hybridized carbons (Fsp3) is 0.452. The number of carboxylic acids is 1. The number of carbonyl (C=O) groups is 3. The van der Waals surface area contributed by atoms with Gasteiger partial charge in [-0.2, -0.15) is 0 Å². The minimum absolute atomic E-state index is 0.0100. The van der Waals surface area contributed by atoms with Crippen LogP contribution < -0.4 is 10.9 Å². The number of carboxylic acid groups (broad SMARTS) is 1. The Kier molecular flexibility index (Phi) is 9.28. The second-order valence-electron chi connectivity index (χ2n) is 12.1. The third-order valence-corrected chi connectivity index (χ3v) is 7.31. The molecular formula is C31H37FN4O6. The molecule has 1 saturated heterocycles. The van der Waals surface area contributed by atoms with Gasteiger partial charge in [0.2, 0.25) is 5.91 Å². The molecule has 0 aliphatic carbocycles. The van der Waals surface area contributed by atoms with Crippen LogP contribution in [0.15, 0.2) is 41.3 Å². The lowest BCUT2D eigenvalue weighted by Crippen LogP contribution is -2.43. The van der Waals surface area contributed by atoms with Crippen molar-refractivity contribution in [3.63, 3.8) is 0 Å². The lowest BCUT2D eigenvalue weighted by Gasteiger charge is -2.27. The van der Waals surface area contributed by atoms with Crippen LogP contribution in [0.5, 0.6) is 5.75 Å². The van der Waals surface area contributed by atoms with Crippen LogP contribution >= 0.6 is 0 Å². The van der Waals surface area contributed by atoms with Crippen molar-refractivity contribution in [2.45, 2.75) is 71.9 Å². The summed E-state index contributed by atoms with van der Waals surface area (Å²) in [5.41, 5.74) is 0.201. The predicted octanol–water partition coefficient (Wildman–Crippen LogP) is 3.85. The number of pyridine rings is 2. The van der Waals surface area contributed by atoms with Crippen LogP contribution in [0.1, 0.15) is 74.4 Å². The van der Waals surface area contributed by atoms with Gasteiger partial charge in [0.25, 0.3) is 11.5 Å². The van der Waals surface area contributed by atoms with E-state index in [0.717, 1.165) is 18.4 Å². The van der Waals surface area contributed by atoms with Crippen molar-refractivity contribution in [1.29, 1.82) is 0 Å². The Balaban J connectivity index is 1.76. The number of piperidine rings is 1. The Bertz CT molecular complexity index is 1540. The quantitative estimate of drug-likeness (QED) is 0.331. The fourth-order valence-electron chi connectivity index (χ4n) is 5.41. The molecule has 2 aromatic heterocycles. The molecule has 10 nitrogen and oxygen atoms in total. The van der Waals surface area contributed by atoms with Gasteiger partial charge in [0.05, 0.1) is 11.9 Å². The van der Waals surface area contributed by atoms with E-state index in [1.165, 1.54) is 22.9 Å². The zero-order valence-electron chi connectivity index (χ0n) is 24.2. The van der Waals surface area contributed by atoms with Crippen LogP contribution in [-0.4, -0.2) is 61.6 Å². The maximum absolute atomic E-state index is 13.8. The van der Waals surface area contributed by atoms with Crippen molar-refractivity contribution in [2.24, 2.45) is 5.41 Å². The molecule has 0 radical (unpaired) electrons. The lowest BCUT2D eigenvalue weighted by molar-refractivity contribution is -0.137. The van der Waals surface area contributed by atoms with Crippen molar-refractivity contribution in [3.8, 4) is 5.75 Å². The summed E-state index contributed by atoms with van der Waals surface area (Å²) in [6.45, 7) is 6.57. The highest BCUT2D eigenvalue weighted by atomic mass is 19.1. The first kappa shape index (κ1) is 30.7. The van der Waals surface area contributed by atoms with Gasteiger partial charge in [-0.05, 0) is 60.4 Å². The normalized spacial score (nSPS) is 14.7. The highest BCUT2D eigenvalue weighted by Crippen LogP contribution is 2.28. The molecule has 11 heteroatoms. The largest absolute Gasteiger partial charge is 0.505 e. The number of aliphatic carboxylic acids is 1. The van der Waals surface area contributed by atoms with Crippen LogP contribution in [-0.2, 0) is 22.6 Å². The number of aromatic hydroxyl groups is 1. The molecule has 1 aromatic carbocycles. The van der Waals surface area contributed by atoms with Gasteiger partial charge < -0.3 is 25.0 Å². The minimum Gasteiger partial charge on any atom is -0.505 e. The second kappa shape index (κ2) is 12.7. The van der Waals surface area contributed by atoms with Crippen molar-refractivity contribution in [3.05, 3.63) is 69.4 Å². The predicted molar refractivity (Wildman–Crippen MR) is 155 cm³/mol. The molecule has 2 amide bonds. The zero-order chi connectivity index (χ0) is 30.6. The van der Waals surface area contributed by atoms with Crippen molar-refractivity contribution < 1.29 is 29.0 Å². The second-order valence-corrected chi connectivity index (χ2v) is 12.1. The first-order chi connectivity index (χ1) is 19.8. The number of nitrogens with zero attached hydrogens (tertiary/aromatic N) is 3. The van der Waals surface area contributed by atoms with Crippen LogP contribution in [0.2, 0.25) is 0 Å². The molecule has 3 aromatic rings. The van der Waals surface area contributed by atoms with E-state index in [2.05, 4.69) is 10.3 Å². The molecule has 1 aliphatic heterocycles. The van der Waals surface area contributed by atoms with Gasteiger partial charge in [0.1, 0.15) is 16.9 Å². The number of amides is 2. The number of hydrogen-bond acceptors (Lipinski definition) is 6. The summed E-state index contributed by atoms with van der Waals surface area (Å²) in [7, 11) is 0. The number of carbonyl (C=O) groups excluding carboxylic acids is 2. The molecule has 0 bridgehead atoms. The molecule has 3 N–H and O–H groups in total. The number of aromatic nitrogens is 2. The smallest absolute Gasteiger partial charge is 0.305 e. The van der Waals surface area contributed by atoms with Gasteiger partial charge >= 0.3 is 5.97 Å². The highest BCUT2D eigenvalue weighted by molar-refractivity contribution is 6.01. The summed E-state index contributed by atoms with van der Waals surface area (Å²) in [5.74, 6) is -2.97. The summed E-state index contributed by atoms with van der Waals surface area (Å²) >= 11 is 0. The number of likely N-dealkylation sites (tertiary alicyclic amines) is 1. The maximum Gasteiger partial charge on any atom is 0.305 e. The first-order valence-electron chi connectivity index (χ1n) is 14.1. The Morgan fingerprint density at radius 3 is 2.45 bits per heavy atom. The molecule has 3 heterocycles. The molecule has 1 atom stereocenters. The van der Waals surface area contributed by atoms with E-state index in [1.807, 2.05) is 20.8 Å². The SMILES string of the molecule is CC(C)(C)C[C@H](CC(=O)O)NC(=O)c1c(O)c2ncc(Cc3ccc(F)cc3)cc2n(CCN2CCCCC2=O)c1=O. The van der Waals surface area contributed by atoms with E-state index >= 15 is 0 Å². The lowest BCUT2D eigenvalue weighted by atomic mass is 9.87. The average Bonchev–Trinajstić information content (AvgIpc) is 2.89. The summed E-state index contributed by atoms with van der Waals surface area (Å²) in [6.07, 6.45) is 3.97. The first-order valence-corrected chi connectivity index (χ1v) is 14.1. The average molecular weight is 581 g/mol. The minimum atomic E-state index is -1.11. The molecule has 0 saturated carbocycles. The Hall–Kier alpha value is -4.28. The van der Waals surface area contributed by atoms with Crippen LogP contribution in [0.4, 0.5) is 4.39 Å². The fourth-order valence-corrected chi connectivity index (χ4v) is 5.41. The highest BCUT2D eigenvalue weighted by Gasteiger charge is 2.28. The molecular weight excluding hydrogens is 543 g/mol. The summed E-state index contributed by atoms with van der Waals surface area (Å²) in [6, 6.07) is 6.90. The van der Waals surface area contributed by atoms with Crippen molar-refractivity contribution in [2.75, 3.05) is 13.1 Å². The molecule has 224 valence electrons. The van der Waals surface area contributed by atoms with Crippen molar-refractivity contribution in [1.82, 2.24) is 19.8 Å². The molecule has 4 rings (SSSR count). The zero-order valence-corrected chi connectivity index (χ0v) is 24.2. The third-order valence-electron chi connectivity index (χ3n) is 7.31. The molecule has 42 heavy (non-hydrogen) atoms. The molecule has 0 unspecified atom stereocenters. The van der Waals surface area contributed by atoms with E-state index in [9.17, 15) is 33.8 Å². The Morgan fingerprint density at radius 2 is 1.81 bits per heavy atom. The van der Waals surface area contributed by atoms with Crippen molar-refractivity contribution >= 4 is 28.8 Å². The van der Waals surface area contributed by atoms with E-state index in [4.69, 9.17) is 0 Å². The van der Waals surface area contributed by atoms with Crippen LogP contribution in [0, 0.1) is 11.2 Å². The van der Waals surface area contributed by atoms with E-state index in [-0.39, 0.29) is 47.7 Å². The van der Waals surface area contributed by atoms with Crippen LogP contribution in [0.3, 0.4) is 0 Å². The van der Waals surface area contributed by atoms with E-state index < -0.39 is 34.8 Å². The van der Waals surface area contributed by atoms with Crippen LogP contribution in [0.25, 0.3) is 11.0 Å². The van der Waals surface area contributed by atoms with Gasteiger partial charge in [0, 0.05) is 38.3 Å². The summed E-state index contributed by atoms with van der Waals surface area (Å²) in [5, 5.41) is 23.2. The Morgan fingerprint density at radius 1 is 1.10 bits per heavy atom. The van der Waals surface area contributed by atoms with Gasteiger partial charge in [-0.3, -0.25) is 24.2 Å². The topological polar surface area (TPSA) is 142 Å². The number of fused-ring (bicyclic) bond motifs is 1. The van der Waals surface area contributed by atoms with E-state index in [0.29, 0.717) is 31.4 Å². The van der Waals surface area contributed by atoms with Gasteiger partial charge in [-0.15, -0.1) is 0 Å². The third kappa shape index (κ3) is 7.51. The summed E-state index contributed by atoms with van der Waals surface area (Å²) < 4.78 is 14.7. The van der Waals surface area contributed by atoms with Gasteiger partial charge in [-0.1, -0.05) is 32.9 Å². The number of nitrogens with one attached hydrogen (secondary N) is 1. The molecule has 1 fully saturated rings. The molecule has 0 spiro atoms. The number of benzene rings is 1. The number of rotatable bonds is 10. The monoisotopic (exact) mass is 580 g/mol. The standard InChI is InChI=1S/C31H37FN4O6/c1-31(2,3)17-22(16-25(38)39)34-29(41)26-28(40)27-23(15-20(18-33-27)14-19-7-9-21(32)10-8-19)36(30(26)42)13-12-35-11-5-4-6-24(35)37/h7-10,15,18,22,40H,4-6,11-14,16-17H2,1-3H3,(H,34,41)(H,38,39)/t22-/m0/s1. The molecule has 1 aliphatic rings. The van der Waals surface area contributed by atoms with Gasteiger partial charge in [-0.25, -0.2) is 4.39 Å². The maximum atomic E-state index is 13.8. The summed E-state index contributed by atoms with van der Waals surface area (Å²) in [4.78, 5) is 57.3. The number of halogens is 1.